The first kappa shape index (κ1) is 13.7. The quantitative estimate of drug-likeness (QED) is 0.832. The predicted octanol–water partition coefficient (Wildman–Crippen LogP) is 2.59. The Morgan fingerprint density at radius 3 is 2.82 bits per heavy atom. The van der Waals surface area contributed by atoms with Crippen LogP contribution >= 0.6 is 11.8 Å². The zero-order valence-corrected chi connectivity index (χ0v) is 12.4. The van der Waals surface area contributed by atoms with Gasteiger partial charge in [0, 0.05) is 37.0 Å². The van der Waals surface area contributed by atoms with Crippen LogP contribution in [-0.4, -0.2) is 47.6 Å². The van der Waals surface area contributed by atoms with Crippen molar-refractivity contribution in [1.29, 1.82) is 0 Å². The van der Waals surface area contributed by atoms with Crippen LogP contribution in [0.3, 0.4) is 0 Å². The minimum atomic E-state index is 0.719. The molecule has 0 spiro atoms. The molecule has 2 nitrogen and oxygen atoms in total. The molecule has 0 aromatic rings. The normalized spacial score (nSPS) is 35.6. The molecular weight excluding hydrogens is 228 g/mol. The lowest BCUT2D eigenvalue weighted by molar-refractivity contribution is 0.0975. The third-order valence-corrected chi connectivity index (χ3v) is 5.64. The third kappa shape index (κ3) is 3.62. The van der Waals surface area contributed by atoms with Crippen molar-refractivity contribution in [3.05, 3.63) is 0 Å². The minimum absolute atomic E-state index is 0.719. The van der Waals surface area contributed by atoms with Crippen LogP contribution < -0.4 is 5.32 Å². The fourth-order valence-electron chi connectivity index (χ4n) is 3.09. The molecule has 0 bridgehead atoms. The molecule has 3 heteroatoms. The zero-order chi connectivity index (χ0) is 12.3. The summed E-state index contributed by atoms with van der Waals surface area (Å²) in [5.74, 6) is 2.16. The molecule has 0 saturated carbocycles. The van der Waals surface area contributed by atoms with Gasteiger partial charge in [-0.15, -0.1) is 0 Å². The molecule has 2 fully saturated rings. The maximum Gasteiger partial charge on any atom is 0.0244 e. The van der Waals surface area contributed by atoms with E-state index in [0.29, 0.717) is 0 Å². The Bertz CT molecular complexity index is 226. The summed E-state index contributed by atoms with van der Waals surface area (Å²) in [6.07, 6.45) is 4.14. The molecule has 1 N–H and O–H groups in total. The van der Waals surface area contributed by atoms with Crippen LogP contribution in [0.15, 0.2) is 0 Å². The summed E-state index contributed by atoms with van der Waals surface area (Å²) >= 11 is 2.20. The molecule has 0 aromatic carbocycles. The van der Waals surface area contributed by atoms with Crippen molar-refractivity contribution in [2.75, 3.05) is 25.4 Å². The van der Waals surface area contributed by atoms with Gasteiger partial charge in [-0.25, -0.2) is 0 Å². The summed E-state index contributed by atoms with van der Waals surface area (Å²) in [5, 5.41) is 4.62. The van der Waals surface area contributed by atoms with Gasteiger partial charge >= 0.3 is 0 Å². The third-order valence-electron chi connectivity index (χ3n) is 4.26. The Balaban J connectivity index is 1.92. The van der Waals surface area contributed by atoms with E-state index in [9.17, 15) is 0 Å². The van der Waals surface area contributed by atoms with Crippen LogP contribution in [0.25, 0.3) is 0 Å². The summed E-state index contributed by atoms with van der Waals surface area (Å²) < 4.78 is 0. The molecule has 2 heterocycles. The Morgan fingerprint density at radius 1 is 1.41 bits per heavy atom. The Labute approximate surface area is 111 Å². The molecule has 0 amide bonds. The Kier molecular flexibility index (Phi) is 5.19. The van der Waals surface area contributed by atoms with Gasteiger partial charge < -0.3 is 5.32 Å². The van der Waals surface area contributed by atoms with Gasteiger partial charge in [0.05, 0.1) is 0 Å². The highest BCUT2D eigenvalue weighted by atomic mass is 32.2. The highest BCUT2D eigenvalue weighted by Gasteiger charge is 2.31. The zero-order valence-electron chi connectivity index (χ0n) is 11.6. The van der Waals surface area contributed by atoms with Gasteiger partial charge in [0.15, 0.2) is 0 Å². The molecule has 17 heavy (non-hydrogen) atoms. The number of hydrogen-bond acceptors (Lipinski definition) is 3. The second-order valence-corrected chi connectivity index (χ2v) is 7.32. The van der Waals surface area contributed by atoms with E-state index in [1.165, 1.54) is 44.6 Å². The monoisotopic (exact) mass is 256 g/mol. The highest BCUT2D eigenvalue weighted by Crippen LogP contribution is 2.28. The fraction of sp³-hybridized carbons (Fsp3) is 1.00. The van der Waals surface area contributed by atoms with Gasteiger partial charge in [-0.05, 0) is 30.9 Å². The summed E-state index contributed by atoms with van der Waals surface area (Å²) in [5.41, 5.74) is 0. The van der Waals surface area contributed by atoms with E-state index in [0.717, 1.165) is 23.3 Å². The SMILES string of the molecule is CCC1CN(CC2CCCS2)C(C(C)C)CN1. The molecule has 2 aliphatic heterocycles. The van der Waals surface area contributed by atoms with E-state index in [1.54, 1.807) is 0 Å². The molecule has 2 rings (SSSR count). The van der Waals surface area contributed by atoms with Gasteiger partial charge in [0.2, 0.25) is 0 Å². The molecule has 100 valence electrons. The standard InChI is InChI=1S/C14H28N2S/c1-4-12-9-16(10-13-6-5-7-17-13)14(8-15-12)11(2)3/h11-15H,4-10H2,1-3H3. The predicted molar refractivity (Wildman–Crippen MR) is 77.8 cm³/mol. The van der Waals surface area contributed by atoms with Crippen molar-refractivity contribution in [2.45, 2.75) is 57.4 Å². The number of thioether (sulfide) groups is 1. The second-order valence-electron chi connectivity index (χ2n) is 5.91. The largest absolute Gasteiger partial charge is 0.311 e. The molecule has 2 aliphatic rings. The van der Waals surface area contributed by atoms with Crippen LogP contribution in [0.2, 0.25) is 0 Å². The highest BCUT2D eigenvalue weighted by molar-refractivity contribution is 8.00. The van der Waals surface area contributed by atoms with E-state index >= 15 is 0 Å². The molecule has 3 unspecified atom stereocenters. The molecular formula is C14H28N2S. The number of nitrogens with one attached hydrogen (secondary N) is 1. The lowest BCUT2D eigenvalue weighted by Gasteiger charge is -2.43. The van der Waals surface area contributed by atoms with E-state index in [2.05, 4.69) is 42.7 Å². The number of piperazine rings is 1. The first-order valence-corrected chi connectivity index (χ1v) is 8.34. The van der Waals surface area contributed by atoms with E-state index in [-0.39, 0.29) is 0 Å². The first-order valence-electron chi connectivity index (χ1n) is 7.29. The van der Waals surface area contributed by atoms with E-state index in [1.807, 2.05) is 0 Å². The number of nitrogens with zero attached hydrogens (tertiary/aromatic N) is 1. The summed E-state index contributed by atoms with van der Waals surface area (Å²) in [6, 6.07) is 1.47. The molecule has 0 aromatic heterocycles. The summed E-state index contributed by atoms with van der Waals surface area (Å²) in [7, 11) is 0. The van der Waals surface area contributed by atoms with Crippen LogP contribution in [-0.2, 0) is 0 Å². The maximum atomic E-state index is 3.71. The number of rotatable bonds is 4. The van der Waals surface area contributed by atoms with Crippen molar-refractivity contribution in [3.8, 4) is 0 Å². The molecule has 2 saturated heterocycles. The topological polar surface area (TPSA) is 15.3 Å². The van der Waals surface area contributed by atoms with Crippen LogP contribution in [0.1, 0.15) is 40.0 Å². The minimum Gasteiger partial charge on any atom is -0.311 e. The average Bonchev–Trinajstić information content (AvgIpc) is 2.81. The summed E-state index contributed by atoms with van der Waals surface area (Å²) in [6.45, 7) is 10.8. The van der Waals surface area contributed by atoms with Gasteiger partial charge in [0.1, 0.15) is 0 Å². The first-order chi connectivity index (χ1) is 8.20. The van der Waals surface area contributed by atoms with Gasteiger partial charge in [-0.3, -0.25) is 4.90 Å². The smallest absolute Gasteiger partial charge is 0.0244 e. The van der Waals surface area contributed by atoms with E-state index < -0.39 is 0 Å². The summed E-state index contributed by atoms with van der Waals surface area (Å²) in [4.78, 5) is 2.78. The number of hydrogen-bond donors (Lipinski definition) is 1. The van der Waals surface area contributed by atoms with Crippen LogP contribution in [0, 0.1) is 5.92 Å². The van der Waals surface area contributed by atoms with Gasteiger partial charge in [0.25, 0.3) is 0 Å². The van der Waals surface area contributed by atoms with Crippen LogP contribution in [0.5, 0.6) is 0 Å². The van der Waals surface area contributed by atoms with Crippen LogP contribution in [0.4, 0.5) is 0 Å². The van der Waals surface area contributed by atoms with Gasteiger partial charge in [-0.1, -0.05) is 20.8 Å². The van der Waals surface area contributed by atoms with E-state index in [4.69, 9.17) is 0 Å². The maximum absolute atomic E-state index is 3.71. The van der Waals surface area contributed by atoms with Crippen molar-refractivity contribution in [2.24, 2.45) is 5.92 Å². The van der Waals surface area contributed by atoms with Crippen molar-refractivity contribution in [1.82, 2.24) is 10.2 Å². The lowest BCUT2D eigenvalue weighted by Crippen LogP contribution is -2.59. The van der Waals surface area contributed by atoms with Gasteiger partial charge in [-0.2, -0.15) is 11.8 Å². The fourth-order valence-corrected chi connectivity index (χ4v) is 4.39. The van der Waals surface area contributed by atoms with Crippen molar-refractivity contribution >= 4 is 11.8 Å². The average molecular weight is 256 g/mol. The Morgan fingerprint density at radius 2 is 2.24 bits per heavy atom. The molecule has 0 aliphatic carbocycles. The van der Waals surface area contributed by atoms with Crippen molar-refractivity contribution < 1.29 is 0 Å². The van der Waals surface area contributed by atoms with Crippen molar-refractivity contribution in [3.63, 3.8) is 0 Å². The lowest BCUT2D eigenvalue weighted by atomic mass is 9.97. The molecule has 3 atom stereocenters. The second kappa shape index (κ2) is 6.44. The Hall–Kier alpha value is 0.270. The molecule has 0 radical (unpaired) electrons.